The first kappa shape index (κ1) is 12.6. The van der Waals surface area contributed by atoms with Crippen molar-refractivity contribution in [3.63, 3.8) is 0 Å². The van der Waals surface area contributed by atoms with Crippen LogP contribution in [0.25, 0.3) is 0 Å². The van der Waals surface area contributed by atoms with Crippen LogP contribution in [0.3, 0.4) is 0 Å². The average molecular weight is 258 g/mol. The van der Waals surface area contributed by atoms with Crippen LogP contribution in [-0.4, -0.2) is 23.4 Å². The highest BCUT2D eigenvalue weighted by Crippen LogP contribution is 2.38. The van der Waals surface area contributed by atoms with E-state index >= 15 is 0 Å². The molecule has 0 aromatic carbocycles. The van der Waals surface area contributed by atoms with Gasteiger partial charge in [-0.2, -0.15) is 0 Å². The third kappa shape index (κ3) is 2.38. The molecule has 19 heavy (non-hydrogen) atoms. The zero-order valence-electron chi connectivity index (χ0n) is 11.6. The Balaban J connectivity index is 1.94. The van der Waals surface area contributed by atoms with Gasteiger partial charge in [0.2, 0.25) is 0 Å². The van der Waals surface area contributed by atoms with Gasteiger partial charge in [0.1, 0.15) is 5.82 Å². The van der Waals surface area contributed by atoms with E-state index in [1.807, 2.05) is 18.3 Å². The molecule has 3 heteroatoms. The third-order valence-corrected chi connectivity index (χ3v) is 4.68. The molecule has 0 bridgehead atoms. The molecule has 0 amide bonds. The fourth-order valence-corrected chi connectivity index (χ4v) is 3.79. The molecule has 2 aliphatic rings. The van der Waals surface area contributed by atoms with Crippen LogP contribution in [-0.2, 0) is 0 Å². The number of ketones is 1. The van der Waals surface area contributed by atoms with Crippen molar-refractivity contribution in [2.45, 2.75) is 51.5 Å². The molecule has 3 rings (SSSR count). The van der Waals surface area contributed by atoms with Gasteiger partial charge in [0.25, 0.3) is 0 Å². The average Bonchev–Trinajstić information content (AvgIpc) is 2.46. The number of hydrogen-bond donors (Lipinski definition) is 0. The first-order valence-corrected chi connectivity index (χ1v) is 7.50. The van der Waals surface area contributed by atoms with Crippen molar-refractivity contribution < 1.29 is 4.79 Å². The van der Waals surface area contributed by atoms with Crippen LogP contribution in [0, 0.1) is 5.92 Å². The number of rotatable bonds is 2. The molecule has 1 aliphatic carbocycles. The molecular weight excluding hydrogens is 236 g/mol. The van der Waals surface area contributed by atoms with Crippen molar-refractivity contribution in [3.8, 4) is 0 Å². The minimum atomic E-state index is 0.126. The molecule has 1 aromatic rings. The number of nitrogens with zero attached hydrogens (tertiary/aromatic N) is 2. The molecule has 1 saturated carbocycles. The summed E-state index contributed by atoms with van der Waals surface area (Å²) < 4.78 is 0. The lowest BCUT2D eigenvalue weighted by Crippen LogP contribution is -2.47. The Morgan fingerprint density at radius 1 is 1.26 bits per heavy atom. The number of hydrogen-bond acceptors (Lipinski definition) is 3. The lowest BCUT2D eigenvalue weighted by molar-refractivity contribution is 0.101. The monoisotopic (exact) mass is 258 g/mol. The van der Waals surface area contributed by atoms with Crippen LogP contribution < -0.4 is 4.90 Å². The highest BCUT2D eigenvalue weighted by Gasteiger charge is 2.34. The zero-order valence-corrected chi connectivity index (χ0v) is 11.6. The van der Waals surface area contributed by atoms with Gasteiger partial charge >= 0.3 is 0 Å². The number of pyridine rings is 1. The van der Waals surface area contributed by atoms with Gasteiger partial charge in [-0.1, -0.05) is 12.8 Å². The molecule has 2 atom stereocenters. The predicted octanol–water partition coefficient (Wildman–Crippen LogP) is 3.44. The van der Waals surface area contributed by atoms with Crippen LogP contribution in [0.1, 0.15) is 55.8 Å². The number of piperidine rings is 1. The minimum Gasteiger partial charge on any atom is -0.353 e. The summed E-state index contributed by atoms with van der Waals surface area (Å²) in [6.45, 7) is 2.70. The Kier molecular flexibility index (Phi) is 3.54. The minimum absolute atomic E-state index is 0.126. The molecule has 1 saturated heterocycles. The second kappa shape index (κ2) is 5.32. The molecule has 0 N–H and O–H groups in total. The van der Waals surface area contributed by atoms with E-state index in [1.54, 1.807) is 6.92 Å². The normalized spacial score (nSPS) is 26.9. The zero-order chi connectivity index (χ0) is 13.2. The lowest BCUT2D eigenvalue weighted by Gasteiger charge is -2.45. The molecule has 0 spiro atoms. The SMILES string of the molecule is CC(=O)c1cccnc1N1CCC[C@H]2CCCC[C@H]21. The quantitative estimate of drug-likeness (QED) is 0.762. The van der Waals surface area contributed by atoms with Gasteiger partial charge in [-0.3, -0.25) is 4.79 Å². The Hall–Kier alpha value is -1.38. The molecule has 2 fully saturated rings. The molecular formula is C16H22N2O. The van der Waals surface area contributed by atoms with Gasteiger partial charge in [-0.15, -0.1) is 0 Å². The van der Waals surface area contributed by atoms with E-state index in [0.717, 1.165) is 23.8 Å². The second-order valence-electron chi connectivity index (χ2n) is 5.88. The maximum Gasteiger partial charge on any atom is 0.163 e. The molecule has 3 nitrogen and oxygen atoms in total. The summed E-state index contributed by atoms with van der Waals surface area (Å²) in [5.41, 5.74) is 0.786. The number of fused-ring (bicyclic) bond motifs is 1. The largest absolute Gasteiger partial charge is 0.353 e. The molecule has 102 valence electrons. The molecule has 0 unspecified atom stereocenters. The number of carbonyl (C=O) groups is 1. The topological polar surface area (TPSA) is 33.2 Å². The van der Waals surface area contributed by atoms with Gasteiger partial charge in [0, 0.05) is 18.8 Å². The fraction of sp³-hybridized carbons (Fsp3) is 0.625. The summed E-state index contributed by atoms with van der Waals surface area (Å²) in [7, 11) is 0. The van der Waals surface area contributed by atoms with Crippen molar-refractivity contribution in [1.82, 2.24) is 4.98 Å². The van der Waals surface area contributed by atoms with Crippen LogP contribution in [0.5, 0.6) is 0 Å². The predicted molar refractivity (Wildman–Crippen MR) is 76.6 cm³/mol. The van der Waals surface area contributed by atoms with Gasteiger partial charge in [-0.25, -0.2) is 4.98 Å². The fourth-order valence-electron chi connectivity index (χ4n) is 3.79. The number of carbonyl (C=O) groups excluding carboxylic acids is 1. The first-order valence-electron chi connectivity index (χ1n) is 7.50. The van der Waals surface area contributed by atoms with Crippen molar-refractivity contribution in [3.05, 3.63) is 23.9 Å². The van der Waals surface area contributed by atoms with E-state index < -0.39 is 0 Å². The highest BCUT2D eigenvalue weighted by molar-refractivity contribution is 5.98. The smallest absolute Gasteiger partial charge is 0.163 e. The lowest BCUT2D eigenvalue weighted by atomic mass is 9.78. The molecule has 1 aromatic heterocycles. The van der Waals surface area contributed by atoms with Gasteiger partial charge in [0.05, 0.1) is 5.56 Å². The summed E-state index contributed by atoms with van der Waals surface area (Å²) in [5.74, 6) is 1.86. The summed E-state index contributed by atoms with van der Waals surface area (Å²) in [5, 5.41) is 0. The molecule has 0 radical (unpaired) electrons. The Labute approximate surface area is 115 Å². The van der Waals surface area contributed by atoms with Crippen LogP contribution in [0.4, 0.5) is 5.82 Å². The van der Waals surface area contributed by atoms with E-state index in [9.17, 15) is 4.79 Å². The number of aromatic nitrogens is 1. The maximum atomic E-state index is 11.8. The van der Waals surface area contributed by atoms with E-state index in [-0.39, 0.29) is 5.78 Å². The first-order chi connectivity index (χ1) is 9.27. The standard InChI is InChI=1S/C16H22N2O/c1-12(19)14-8-4-10-17-16(14)18-11-5-7-13-6-2-3-9-15(13)18/h4,8,10,13,15H,2-3,5-7,9,11H2,1H3/t13-,15-/m1/s1. The van der Waals surface area contributed by atoms with E-state index in [2.05, 4.69) is 9.88 Å². The van der Waals surface area contributed by atoms with E-state index in [0.29, 0.717) is 6.04 Å². The Morgan fingerprint density at radius 2 is 2.05 bits per heavy atom. The second-order valence-corrected chi connectivity index (χ2v) is 5.88. The van der Waals surface area contributed by atoms with Crippen molar-refractivity contribution in [1.29, 1.82) is 0 Å². The van der Waals surface area contributed by atoms with Crippen LogP contribution >= 0.6 is 0 Å². The van der Waals surface area contributed by atoms with Crippen molar-refractivity contribution in [2.75, 3.05) is 11.4 Å². The number of Topliss-reactive ketones (excluding diaryl/α,β-unsaturated/α-hetero) is 1. The number of anilines is 1. The van der Waals surface area contributed by atoms with Gasteiger partial charge in [0.15, 0.2) is 5.78 Å². The van der Waals surface area contributed by atoms with Gasteiger partial charge < -0.3 is 4.90 Å². The van der Waals surface area contributed by atoms with Crippen LogP contribution in [0.2, 0.25) is 0 Å². The van der Waals surface area contributed by atoms with Gasteiger partial charge in [-0.05, 0) is 50.7 Å². The molecule has 1 aliphatic heterocycles. The van der Waals surface area contributed by atoms with Crippen LogP contribution in [0.15, 0.2) is 18.3 Å². The maximum absolute atomic E-state index is 11.8. The highest BCUT2D eigenvalue weighted by atomic mass is 16.1. The van der Waals surface area contributed by atoms with E-state index in [4.69, 9.17) is 0 Å². The third-order valence-electron chi connectivity index (χ3n) is 4.68. The molecule has 2 heterocycles. The van der Waals surface area contributed by atoms with E-state index in [1.165, 1.54) is 38.5 Å². The summed E-state index contributed by atoms with van der Waals surface area (Å²) in [4.78, 5) is 18.7. The summed E-state index contributed by atoms with van der Waals surface area (Å²) >= 11 is 0. The summed E-state index contributed by atoms with van der Waals surface area (Å²) in [6.07, 6.45) is 9.70. The van der Waals surface area contributed by atoms with Crippen molar-refractivity contribution in [2.24, 2.45) is 5.92 Å². The summed E-state index contributed by atoms with van der Waals surface area (Å²) in [6, 6.07) is 4.38. The Morgan fingerprint density at radius 3 is 2.89 bits per heavy atom. The Bertz CT molecular complexity index is 470. The van der Waals surface area contributed by atoms with Crippen molar-refractivity contribution >= 4 is 11.6 Å².